The predicted octanol–water partition coefficient (Wildman–Crippen LogP) is 2.59. The summed E-state index contributed by atoms with van der Waals surface area (Å²) >= 11 is 0. The first-order valence-corrected chi connectivity index (χ1v) is 8.87. The van der Waals surface area contributed by atoms with E-state index in [0.717, 1.165) is 56.6 Å². The summed E-state index contributed by atoms with van der Waals surface area (Å²) in [6.07, 6.45) is 2.50. The summed E-state index contributed by atoms with van der Waals surface area (Å²) in [6, 6.07) is 14.6. The number of nitrogen functional groups attached to an aromatic ring is 1. The van der Waals surface area contributed by atoms with Gasteiger partial charge in [0.25, 0.3) is 0 Å². The Labute approximate surface area is 143 Å². The molecule has 2 fully saturated rings. The van der Waals surface area contributed by atoms with Crippen LogP contribution >= 0.6 is 0 Å². The van der Waals surface area contributed by atoms with Crippen molar-refractivity contribution in [3.8, 4) is 0 Å². The van der Waals surface area contributed by atoms with Gasteiger partial charge in [-0.2, -0.15) is 0 Å². The lowest BCUT2D eigenvalue weighted by Crippen LogP contribution is -2.46. The minimum atomic E-state index is 0.812. The molecule has 0 aliphatic carbocycles. The minimum absolute atomic E-state index is 0.812. The van der Waals surface area contributed by atoms with E-state index < -0.39 is 0 Å². The second kappa shape index (κ2) is 6.59. The molecule has 5 heteroatoms. The van der Waals surface area contributed by atoms with Crippen LogP contribution in [0.1, 0.15) is 12.8 Å². The normalized spacial score (nSPS) is 18.2. The van der Waals surface area contributed by atoms with Crippen LogP contribution in [0, 0.1) is 0 Å². The van der Waals surface area contributed by atoms with E-state index in [1.54, 1.807) is 0 Å². The number of nitrogens with two attached hydrogens (primary N) is 1. The third-order valence-electron chi connectivity index (χ3n) is 4.98. The Morgan fingerprint density at radius 2 is 1.25 bits per heavy atom. The molecule has 126 valence electrons. The molecule has 0 radical (unpaired) electrons. The molecule has 0 atom stereocenters. The van der Waals surface area contributed by atoms with Crippen LogP contribution in [0.25, 0.3) is 0 Å². The molecule has 1 aromatic heterocycles. The van der Waals surface area contributed by atoms with Crippen molar-refractivity contribution in [2.45, 2.75) is 12.8 Å². The summed E-state index contributed by atoms with van der Waals surface area (Å²) in [6.45, 7) is 6.17. The van der Waals surface area contributed by atoms with Crippen LogP contribution in [-0.2, 0) is 0 Å². The molecular weight excluding hydrogens is 298 g/mol. The van der Waals surface area contributed by atoms with Gasteiger partial charge in [0.2, 0.25) is 0 Å². The fourth-order valence-corrected chi connectivity index (χ4v) is 3.62. The molecule has 4 rings (SSSR count). The maximum Gasteiger partial charge on any atom is 0.133 e. The van der Waals surface area contributed by atoms with Crippen LogP contribution in [-0.4, -0.2) is 44.3 Å². The first kappa shape index (κ1) is 15.1. The summed E-state index contributed by atoms with van der Waals surface area (Å²) in [5, 5.41) is 0. The number of hydrogen-bond acceptors (Lipinski definition) is 5. The molecule has 0 saturated carbocycles. The first-order valence-electron chi connectivity index (χ1n) is 8.87. The van der Waals surface area contributed by atoms with Crippen LogP contribution in [0.5, 0.6) is 0 Å². The standard InChI is InChI=1S/C19H25N5/c20-16-14-18(23-8-4-5-9-23)21-19(15-16)24-12-10-22(11-13-24)17-6-2-1-3-7-17/h1-3,6-7,14-15H,4-5,8-13H2,(H2,20,21). The maximum atomic E-state index is 6.15. The van der Waals surface area contributed by atoms with Crippen molar-refractivity contribution in [2.75, 3.05) is 59.7 Å². The summed E-state index contributed by atoms with van der Waals surface area (Å²) in [7, 11) is 0. The summed E-state index contributed by atoms with van der Waals surface area (Å²) in [5.41, 5.74) is 8.26. The van der Waals surface area contributed by atoms with Crippen molar-refractivity contribution in [2.24, 2.45) is 0 Å². The van der Waals surface area contributed by atoms with Crippen molar-refractivity contribution in [3.05, 3.63) is 42.5 Å². The monoisotopic (exact) mass is 323 g/mol. The topological polar surface area (TPSA) is 48.6 Å². The van der Waals surface area contributed by atoms with E-state index in [1.165, 1.54) is 18.5 Å². The molecule has 2 N–H and O–H groups in total. The van der Waals surface area contributed by atoms with E-state index in [-0.39, 0.29) is 0 Å². The number of benzene rings is 1. The minimum Gasteiger partial charge on any atom is -0.399 e. The van der Waals surface area contributed by atoms with Gasteiger partial charge in [-0.3, -0.25) is 0 Å². The van der Waals surface area contributed by atoms with Gasteiger partial charge >= 0.3 is 0 Å². The number of nitrogens with zero attached hydrogens (tertiary/aromatic N) is 4. The third-order valence-corrected chi connectivity index (χ3v) is 4.98. The average Bonchev–Trinajstić information content (AvgIpc) is 3.17. The SMILES string of the molecule is Nc1cc(N2CCCC2)nc(N2CCN(c3ccccc3)CC2)c1. The van der Waals surface area contributed by atoms with Gasteiger partial charge in [-0.25, -0.2) is 4.98 Å². The average molecular weight is 323 g/mol. The zero-order chi connectivity index (χ0) is 16.4. The number of anilines is 4. The lowest BCUT2D eigenvalue weighted by Gasteiger charge is -2.37. The highest BCUT2D eigenvalue weighted by Gasteiger charge is 2.20. The molecule has 0 bridgehead atoms. The second-order valence-electron chi connectivity index (χ2n) is 6.62. The number of hydrogen-bond donors (Lipinski definition) is 1. The van der Waals surface area contributed by atoms with Gasteiger partial charge in [-0.15, -0.1) is 0 Å². The molecule has 0 spiro atoms. The van der Waals surface area contributed by atoms with E-state index >= 15 is 0 Å². The van der Waals surface area contributed by atoms with Gasteiger partial charge in [0.15, 0.2) is 0 Å². The molecular formula is C19H25N5. The largest absolute Gasteiger partial charge is 0.399 e. The van der Waals surface area contributed by atoms with Crippen molar-refractivity contribution in [1.82, 2.24) is 4.98 Å². The molecule has 3 heterocycles. The quantitative estimate of drug-likeness (QED) is 0.941. The fourth-order valence-electron chi connectivity index (χ4n) is 3.62. The van der Waals surface area contributed by atoms with Gasteiger partial charge in [0.05, 0.1) is 0 Å². The van der Waals surface area contributed by atoms with E-state index in [4.69, 9.17) is 10.7 Å². The molecule has 2 saturated heterocycles. The fraction of sp³-hybridized carbons (Fsp3) is 0.421. The lowest BCUT2D eigenvalue weighted by molar-refractivity contribution is 0.647. The Hall–Kier alpha value is -2.43. The van der Waals surface area contributed by atoms with Gasteiger partial charge in [0, 0.05) is 62.8 Å². The van der Waals surface area contributed by atoms with Gasteiger partial charge in [-0.05, 0) is 25.0 Å². The molecule has 24 heavy (non-hydrogen) atoms. The summed E-state index contributed by atoms with van der Waals surface area (Å²) < 4.78 is 0. The van der Waals surface area contributed by atoms with Crippen LogP contribution < -0.4 is 20.4 Å². The van der Waals surface area contributed by atoms with Crippen molar-refractivity contribution < 1.29 is 0 Å². The molecule has 0 unspecified atom stereocenters. The molecule has 2 aliphatic heterocycles. The molecule has 2 aliphatic rings. The Kier molecular flexibility index (Phi) is 4.15. The van der Waals surface area contributed by atoms with E-state index in [9.17, 15) is 0 Å². The number of aromatic nitrogens is 1. The van der Waals surface area contributed by atoms with Gasteiger partial charge in [0.1, 0.15) is 11.6 Å². The van der Waals surface area contributed by atoms with E-state index in [2.05, 4.69) is 45.0 Å². The van der Waals surface area contributed by atoms with Crippen molar-refractivity contribution in [3.63, 3.8) is 0 Å². The van der Waals surface area contributed by atoms with Crippen LogP contribution in [0.4, 0.5) is 23.0 Å². The molecule has 2 aromatic rings. The van der Waals surface area contributed by atoms with Crippen molar-refractivity contribution in [1.29, 1.82) is 0 Å². The number of para-hydroxylation sites is 1. The zero-order valence-corrected chi connectivity index (χ0v) is 14.1. The molecule has 5 nitrogen and oxygen atoms in total. The van der Waals surface area contributed by atoms with Gasteiger partial charge < -0.3 is 20.4 Å². The van der Waals surface area contributed by atoms with Gasteiger partial charge in [-0.1, -0.05) is 18.2 Å². The Bertz CT molecular complexity index is 673. The summed E-state index contributed by atoms with van der Waals surface area (Å²) in [4.78, 5) is 12.0. The first-order chi connectivity index (χ1) is 11.8. The molecule has 1 aromatic carbocycles. The Morgan fingerprint density at radius 3 is 1.88 bits per heavy atom. The van der Waals surface area contributed by atoms with E-state index in [0.29, 0.717) is 0 Å². The third kappa shape index (κ3) is 3.11. The van der Waals surface area contributed by atoms with Crippen LogP contribution in [0.15, 0.2) is 42.5 Å². The highest BCUT2D eigenvalue weighted by Crippen LogP contribution is 2.26. The predicted molar refractivity (Wildman–Crippen MR) is 101 cm³/mol. The second-order valence-corrected chi connectivity index (χ2v) is 6.62. The number of pyridine rings is 1. The highest BCUT2D eigenvalue weighted by atomic mass is 15.3. The van der Waals surface area contributed by atoms with Crippen LogP contribution in [0.3, 0.4) is 0 Å². The Balaban J connectivity index is 1.47. The molecule has 0 amide bonds. The highest BCUT2D eigenvalue weighted by molar-refractivity contribution is 5.61. The maximum absolute atomic E-state index is 6.15. The van der Waals surface area contributed by atoms with E-state index in [1.807, 2.05) is 12.1 Å². The number of rotatable bonds is 3. The van der Waals surface area contributed by atoms with Crippen LogP contribution in [0.2, 0.25) is 0 Å². The Morgan fingerprint density at radius 1 is 0.708 bits per heavy atom. The van der Waals surface area contributed by atoms with Crippen molar-refractivity contribution >= 4 is 23.0 Å². The zero-order valence-electron chi connectivity index (χ0n) is 14.1. The smallest absolute Gasteiger partial charge is 0.133 e. The summed E-state index contributed by atoms with van der Waals surface area (Å²) in [5.74, 6) is 2.05. The lowest BCUT2D eigenvalue weighted by atomic mass is 10.2. The number of piperazine rings is 1.